The zero-order valence-electron chi connectivity index (χ0n) is 9.07. The smallest absolute Gasteiger partial charge is 0.288 e. The molecule has 0 aromatic carbocycles. The van der Waals surface area contributed by atoms with Gasteiger partial charge in [0.1, 0.15) is 12.0 Å². The molecular formula is C10H14BrN3O2. The predicted molar refractivity (Wildman–Crippen MR) is 66.6 cm³/mol. The summed E-state index contributed by atoms with van der Waals surface area (Å²) >= 11 is 3.26. The van der Waals surface area contributed by atoms with E-state index >= 15 is 0 Å². The molecule has 0 aliphatic heterocycles. The molecular weight excluding hydrogens is 274 g/mol. The van der Waals surface area contributed by atoms with Gasteiger partial charge in [0.25, 0.3) is 5.69 Å². The monoisotopic (exact) mass is 287 g/mol. The third-order valence-corrected chi connectivity index (χ3v) is 2.71. The lowest BCUT2D eigenvalue weighted by atomic mass is 10.2. The molecule has 0 aliphatic rings. The van der Waals surface area contributed by atoms with Gasteiger partial charge in [-0.15, -0.1) is 0 Å². The highest BCUT2D eigenvalue weighted by Crippen LogP contribution is 2.24. The minimum atomic E-state index is -0.460. The maximum Gasteiger partial charge on any atom is 0.288 e. The summed E-state index contributed by atoms with van der Waals surface area (Å²) in [5.41, 5.74) is -0.00835. The van der Waals surface area contributed by atoms with Crippen LogP contribution in [0.5, 0.6) is 0 Å². The largest absolute Gasteiger partial charge is 0.369 e. The van der Waals surface area contributed by atoms with Crippen molar-refractivity contribution in [3.05, 3.63) is 26.9 Å². The Balaban J connectivity index is 2.57. The Morgan fingerprint density at radius 3 is 2.88 bits per heavy atom. The molecule has 0 bridgehead atoms. The number of hydrogen-bond acceptors (Lipinski definition) is 4. The maximum atomic E-state index is 10.5. The standard InChI is InChI=1S/C10H14BrN3O2/c1-2-3-4-5-12-10-9(11)6-8(7-13-10)14(15)16/h6-7H,2-5H2,1H3,(H,12,13). The maximum absolute atomic E-state index is 10.5. The van der Waals surface area contributed by atoms with Gasteiger partial charge in [0.05, 0.1) is 9.40 Å². The van der Waals surface area contributed by atoms with Crippen molar-refractivity contribution in [2.45, 2.75) is 26.2 Å². The Bertz CT molecular complexity index is 371. The van der Waals surface area contributed by atoms with Crippen LogP contribution < -0.4 is 5.32 Å². The second kappa shape index (κ2) is 6.42. The van der Waals surface area contributed by atoms with Crippen LogP contribution in [0.2, 0.25) is 0 Å². The first-order valence-corrected chi connectivity index (χ1v) is 5.98. The minimum Gasteiger partial charge on any atom is -0.369 e. The van der Waals surface area contributed by atoms with Crippen molar-refractivity contribution >= 4 is 27.4 Å². The summed E-state index contributed by atoms with van der Waals surface area (Å²) in [7, 11) is 0. The normalized spacial score (nSPS) is 10.1. The summed E-state index contributed by atoms with van der Waals surface area (Å²) in [4.78, 5) is 14.0. The Hall–Kier alpha value is -1.17. The van der Waals surface area contributed by atoms with Crippen LogP contribution in [0, 0.1) is 10.1 Å². The zero-order chi connectivity index (χ0) is 12.0. The van der Waals surface area contributed by atoms with Crippen molar-refractivity contribution < 1.29 is 4.92 Å². The second-order valence-electron chi connectivity index (χ2n) is 3.41. The van der Waals surface area contributed by atoms with E-state index in [1.807, 2.05) is 0 Å². The molecule has 6 heteroatoms. The number of nitro groups is 1. The third-order valence-electron chi connectivity index (χ3n) is 2.11. The van der Waals surface area contributed by atoms with Crippen molar-refractivity contribution in [2.24, 2.45) is 0 Å². The highest BCUT2D eigenvalue weighted by Gasteiger charge is 2.09. The number of nitrogens with zero attached hydrogens (tertiary/aromatic N) is 2. The van der Waals surface area contributed by atoms with Gasteiger partial charge in [0.2, 0.25) is 0 Å². The Morgan fingerprint density at radius 2 is 2.31 bits per heavy atom. The number of unbranched alkanes of at least 4 members (excludes halogenated alkanes) is 2. The van der Waals surface area contributed by atoms with Crippen LogP contribution in [0.25, 0.3) is 0 Å². The molecule has 1 heterocycles. The highest BCUT2D eigenvalue weighted by atomic mass is 79.9. The molecule has 0 saturated carbocycles. The number of aromatic nitrogens is 1. The first kappa shape index (κ1) is 12.9. The van der Waals surface area contributed by atoms with E-state index in [0.717, 1.165) is 25.8 Å². The van der Waals surface area contributed by atoms with Crippen LogP contribution >= 0.6 is 15.9 Å². The molecule has 16 heavy (non-hydrogen) atoms. The SMILES string of the molecule is CCCCCNc1ncc([N+](=O)[O-])cc1Br. The van der Waals surface area contributed by atoms with Gasteiger partial charge in [0.15, 0.2) is 0 Å². The van der Waals surface area contributed by atoms with Crippen molar-refractivity contribution in [3.63, 3.8) is 0 Å². The van der Waals surface area contributed by atoms with E-state index in [4.69, 9.17) is 0 Å². The van der Waals surface area contributed by atoms with E-state index in [9.17, 15) is 10.1 Å². The van der Waals surface area contributed by atoms with Crippen LogP contribution in [0.15, 0.2) is 16.7 Å². The lowest BCUT2D eigenvalue weighted by Gasteiger charge is -2.06. The molecule has 0 aliphatic carbocycles. The minimum absolute atomic E-state index is 0.00835. The van der Waals surface area contributed by atoms with E-state index in [2.05, 4.69) is 33.2 Å². The lowest BCUT2D eigenvalue weighted by molar-refractivity contribution is -0.385. The Kier molecular flexibility index (Phi) is 5.18. The number of anilines is 1. The van der Waals surface area contributed by atoms with Crippen LogP contribution in [0.4, 0.5) is 11.5 Å². The van der Waals surface area contributed by atoms with Crippen LogP contribution in [0.1, 0.15) is 26.2 Å². The molecule has 0 saturated heterocycles. The number of pyridine rings is 1. The molecule has 88 valence electrons. The van der Waals surface area contributed by atoms with E-state index < -0.39 is 4.92 Å². The second-order valence-corrected chi connectivity index (χ2v) is 4.27. The fourth-order valence-electron chi connectivity index (χ4n) is 1.24. The average molecular weight is 288 g/mol. The molecule has 0 amide bonds. The summed E-state index contributed by atoms with van der Waals surface area (Å²) < 4.78 is 0.623. The zero-order valence-corrected chi connectivity index (χ0v) is 10.7. The molecule has 0 spiro atoms. The third kappa shape index (κ3) is 3.77. The van der Waals surface area contributed by atoms with E-state index in [-0.39, 0.29) is 5.69 Å². The van der Waals surface area contributed by atoms with E-state index in [1.54, 1.807) is 0 Å². The first-order valence-electron chi connectivity index (χ1n) is 5.19. The average Bonchev–Trinajstić information content (AvgIpc) is 2.26. The summed E-state index contributed by atoms with van der Waals surface area (Å²) in [5, 5.41) is 13.6. The molecule has 0 unspecified atom stereocenters. The molecule has 1 N–H and O–H groups in total. The molecule has 0 radical (unpaired) electrons. The van der Waals surface area contributed by atoms with Gasteiger partial charge in [-0.3, -0.25) is 10.1 Å². The number of halogens is 1. The number of rotatable bonds is 6. The van der Waals surface area contributed by atoms with Crippen molar-refractivity contribution in [2.75, 3.05) is 11.9 Å². The lowest BCUT2D eigenvalue weighted by Crippen LogP contribution is -2.04. The Morgan fingerprint density at radius 1 is 1.56 bits per heavy atom. The van der Waals surface area contributed by atoms with E-state index in [1.165, 1.54) is 12.3 Å². The molecule has 1 rings (SSSR count). The van der Waals surface area contributed by atoms with Crippen molar-refractivity contribution in [1.82, 2.24) is 4.98 Å². The summed E-state index contributed by atoms with van der Waals surface area (Å²) in [6.07, 6.45) is 4.66. The molecule has 0 fully saturated rings. The number of nitrogens with one attached hydrogen (secondary N) is 1. The van der Waals surface area contributed by atoms with Gasteiger partial charge >= 0.3 is 0 Å². The van der Waals surface area contributed by atoms with Crippen LogP contribution in [-0.2, 0) is 0 Å². The highest BCUT2D eigenvalue weighted by molar-refractivity contribution is 9.10. The van der Waals surface area contributed by atoms with Gasteiger partial charge in [-0.2, -0.15) is 0 Å². The molecule has 0 atom stereocenters. The fraction of sp³-hybridized carbons (Fsp3) is 0.500. The van der Waals surface area contributed by atoms with Crippen molar-refractivity contribution in [1.29, 1.82) is 0 Å². The Labute approximate surface area is 103 Å². The molecule has 1 aromatic rings. The van der Waals surface area contributed by atoms with Gasteiger partial charge in [-0.25, -0.2) is 4.98 Å². The molecule has 1 aromatic heterocycles. The summed E-state index contributed by atoms with van der Waals surface area (Å²) in [6.45, 7) is 2.97. The summed E-state index contributed by atoms with van der Waals surface area (Å²) in [5.74, 6) is 0.654. The van der Waals surface area contributed by atoms with Crippen molar-refractivity contribution in [3.8, 4) is 0 Å². The fourth-order valence-corrected chi connectivity index (χ4v) is 1.72. The predicted octanol–water partition coefficient (Wildman–Crippen LogP) is 3.35. The summed E-state index contributed by atoms with van der Waals surface area (Å²) in [6, 6.07) is 1.45. The number of hydrogen-bond donors (Lipinski definition) is 1. The van der Waals surface area contributed by atoms with Gasteiger partial charge in [-0.1, -0.05) is 19.8 Å². The van der Waals surface area contributed by atoms with E-state index in [0.29, 0.717) is 10.3 Å². The quantitative estimate of drug-likeness (QED) is 0.495. The van der Waals surface area contributed by atoms with Crippen LogP contribution in [-0.4, -0.2) is 16.5 Å². The first-order chi connectivity index (χ1) is 7.65. The van der Waals surface area contributed by atoms with Gasteiger partial charge in [-0.05, 0) is 22.4 Å². The van der Waals surface area contributed by atoms with Gasteiger partial charge < -0.3 is 5.32 Å². The topological polar surface area (TPSA) is 68.1 Å². The molecule has 5 nitrogen and oxygen atoms in total. The van der Waals surface area contributed by atoms with Crippen LogP contribution in [0.3, 0.4) is 0 Å². The van der Waals surface area contributed by atoms with Gasteiger partial charge in [0, 0.05) is 12.6 Å².